The molecule has 96 valence electrons. The minimum atomic E-state index is 0.951. The fourth-order valence-corrected chi connectivity index (χ4v) is 3.13. The zero-order valence-electron chi connectivity index (χ0n) is 11.3. The van der Waals surface area contributed by atoms with Crippen LogP contribution in [0, 0.1) is 20.8 Å². The van der Waals surface area contributed by atoms with Gasteiger partial charge in [-0.25, -0.2) is 4.98 Å². The first-order valence-corrected chi connectivity index (χ1v) is 7.15. The van der Waals surface area contributed by atoms with Crippen LogP contribution in [0.25, 0.3) is 10.2 Å². The summed E-state index contributed by atoms with van der Waals surface area (Å²) in [6.45, 7) is 6.33. The molecule has 0 spiro atoms. The third-order valence-corrected chi connectivity index (χ3v) is 4.10. The van der Waals surface area contributed by atoms with Crippen molar-refractivity contribution in [2.24, 2.45) is 0 Å². The molecule has 0 unspecified atom stereocenters. The highest BCUT2D eigenvalue weighted by Crippen LogP contribution is 2.30. The number of benzene rings is 2. The van der Waals surface area contributed by atoms with Crippen LogP contribution in [-0.4, -0.2) is 4.98 Å². The molecular weight excluding hydrogens is 252 g/mol. The van der Waals surface area contributed by atoms with Gasteiger partial charge in [0.2, 0.25) is 0 Å². The summed E-state index contributed by atoms with van der Waals surface area (Å²) in [4.78, 5) is 4.62. The van der Waals surface area contributed by atoms with E-state index in [1.807, 2.05) is 0 Å². The van der Waals surface area contributed by atoms with Crippen LogP contribution in [0.2, 0.25) is 0 Å². The maximum atomic E-state index is 4.62. The molecule has 2 nitrogen and oxygen atoms in total. The maximum absolute atomic E-state index is 4.62. The predicted molar refractivity (Wildman–Crippen MR) is 83.6 cm³/mol. The zero-order valence-corrected chi connectivity index (χ0v) is 12.1. The van der Waals surface area contributed by atoms with Crippen molar-refractivity contribution in [2.45, 2.75) is 20.8 Å². The van der Waals surface area contributed by atoms with E-state index >= 15 is 0 Å². The van der Waals surface area contributed by atoms with Crippen LogP contribution < -0.4 is 5.32 Å². The molecule has 0 saturated carbocycles. The number of fused-ring (bicyclic) bond motifs is 1. The summed E-state index contributed by atoms with van der Waals surface area (Å²) in [5, 5.41) is 4.37. The molecule has 0 aliphatic rings. The molecule has 2 aromatic carbocycles. The third-order valence-electron chi connectivity index (χ3n) is 3.17. The van der Waals surface area contributed by atoms with E-state index in [0.29, 0.717) is 0 Å². The van der Waals surface area contributed by atoms with Crippen molar-refractivity contribution in [3.63, 3.8) is 0 Å². The van der Waals surface area contributed by atoms with E-state index in [9.17, 15) is 0 Å². The number of nitrogens with zero attached hydrogens (tertiary/aromatic N) is 1. The molecule has 1 heterocycles. The summed E-state index contributed by atoms with van der Waals surface area (Å²) in [6, 6.07) is 12.8. The van der Waals surface area contributed by atoms with Crippen LogP contribution in [0.5, 0.6) is 0 Å². The average Bonchev–Trinajstić information content (AvgIpc) is 2.74. The molecule has 0 atom stereocenters. The van der Waals surface area contributed by atoms with Crippen LogP contribution in [0.1, 0.15) is 16.7 Å². The highest BCUT2D eigenvalue weighted by atomic mass is 32.1. The van der Waals surface area contributed by atoms with E-state index < -0.39 is 0 Å². The van der Waals surface area contributed by atoms with Gasteiger partial charge in [-0.1, -0.05) is 35.1 Å². The number of thiazole rings is 1. The summed E-state index contributed by atoms with van der Waals surface area (Å²) in [6.07, 6.45) is 0. The van der Waals surface area contributed by atoms with Crippen molar-refractivity contribution in [1.82, 2.24) is 4.98 Å². The smallest absolute Gasteiger partial charge is 0.188 e. The fourth-order valence-electron chi connectivity index (χ4n) is 2.15. The molecule has 3 rings (SSSR count). The lowest BCUT2D eigenvalue weighted by Gasteiger charge is -2.06. The van der Waals surface area contributed by atoms with E-state index in [1.54, 1.807) is 11.3 Å². The number of aryl methyl sites for hydroxylation is 3. The minimum absolute atomic E-state index is 0.951. The molecule has 0 aliphatic carbocycles. The number of aromatic nitrogens is 1. The van der Waals surface area contributed by atoms with E-state index in [2.05, 4.69) is 67.5 Å². The van der Waals surface area contributed by atoms with Crippen molar-refractivity contribution < 1.29 is 0 Å². The predicted octanol–water partition coefficient (Wildman–Crippen LogP) is 4.97. The first-order valence-electron chi connectivity index (χ1n) is 6.33. The van der Waals surface area contributed by atoms with E-state index in [1.165, 1.54) is 21.4 Å². The Bertz CT molecular complexity index is 744. The highest BCUT2D eigenvalue weighted by Gasteiger charge is 2.05. The SMILES string of the molecule is Cc1ccc(Nc2nc3ccc(C)cc3s2)c(C)c1. The molecule has 3 heteroatoms. The van der Waals surface area contributed by atoms with Crippen molar-refractivity contribution in [3.8, 4) is 0 Å². The fraction of sp³-hybridized carbons (Fsp3) is 0.188. The lowest BCUT2D eigenvalue weighted by Crippen LogP contribution is -1.92. The molecule has 0 aliphatic heterocycles. The van der Waals surface area contributed by atoms with E-state index in [0.717, 1.165) is 16.3 Å². The van der Waals surface area contributed by atoms with Gasteiger partial charge in [-0.05, 0) is 50.1 Å². The van der Waals surface area contributed by atoms with Crippen LogP contribution in [0.3, 0.4) is 0 Å². The molecule has 0 amide bonds. The standard InChI is InChI=1S/C16H16N2S/c1-10-4-6-13(12(3)8-10)17-16-18-14-7-5-11(2)9-15(14)19-16/h4-9H,1-3H3,(H,17,18). The summed E-state index contributed by atoms with van der Waals surface area (Å²) >= 11 is 1.70. The van der Waals surface area contributed by atoms with Gasteiger partial charge in [0, 0.05) is 5.69 Å². The van der Waals surface area contributed by atoms with Gasteiger partial charge in [0.1, 0.15) is 0 Å². The van der Waals surface area contributed by atoms with Crippen molar-refractivity contribution in [1.29, 1.82) is 0 Å². The largest absolute Gasteiger partial charge is 0.331 e. The molecular formula is C16H16N2S. The first-order chi connectivity index (χ1) is 9.11. The van der Waals surface area contributed by atoms with Gasteiger partial charge in [-0.3, -0.25) is 0 Å². The summed E-state index contributed by atoms with van der Waals surface area (Å²) in [5.74, 6) is 0. The topological polar surface area (TPSA) is 24.9 Å². The highest BCUT2D eigenvalue weighted by molar-refractivity contribution is 7.22. The van der Waals surface area contributed by atoms with Crippen LogP contribution in [0.4, 0.5) is 10.8 Å². The van der Waals surface area contributed by atoms with Gasteiger partial charge in [0.25, 0.3) is 0 Å². The Morgan fingerprint density at radius 3 is 2.47 bits per heavy atom. The Balaban J connectivity index is 1.96. The van der Waals surface area contributed by atoms with E-state index in [4.69, 9.17) is 0 Å². The van der Waals surface area contributed by atoms with Gasteiger partial charge < -0.3 is 5.32 Å². The Morgan fingerprint density at radius 1 is 0.947 bits per heavy atom. The average molecular weight is 268 g/mol. The third kappa shape index (κ3) is 2.47. The Morgan fingerprint density at radius 2 is 1.68 bits per heavy atom. The second kappa shape index (κ2) is 4.67. The van der Waals surface area contributed by atoms with Crippen LogP contribution in [-0.2, 0) is 0 Å². The Hall–Kier alpha value is -1.87. The number of anilines is 2. The molecule has 0 radical (unpaired) electrons. The Kier molecular flexibility index (Phi) is 2.99. The maximum Gasteiger partial charge on any atom is 0.188 e. The lowest BCUT2D eigenvalue weighted by atomic mass is 10.1. The van der Waals surface area contributed by atoms with Crippen LogP contribution in [0.15, 0.2) is 36.4 Å². The second-order valence-electron chi connectivity index (χ2n) is 4.93. The number of rotatable bonds is 2. The summed E-state index contributed by atoms with van der Waals surface area (Å²) in [5.41, 5.74) is 5.98. The van der Waals surface area contributed by atoms with Crippen molar-refractivity contribution in [2.75, 3.05) is 5.32 Å². The number of hydrogen-bond acceptors (Lipinski definition) is 3. The normalized spacial score (nSPS) is 10.9. The number of nitrogens with one attached hydrogen (secondary N) is 1. The molecule has 0 bridgehead atoms. The number of hydrogen-bond donors (Lipinski definition) is 1. The van der Waals surface area contributed by atoms with Gasteiger partial charge in [-0.2, -0.15) is 0 Å². The summed E-state index contributed by atoms with van der Waals surface area (Å²) < 4.78 is 1.23. The van der Waals surface area contributed by atoms with E-state index in [-0.39, 0.29) is 0 Å². The van der Waals surface area contributed by atoms with Crippen LogP contribution >= 0.6 is 11.3 Å². The summed E-state index contributed by atoms with van der Waals surface area (Å²) in [7, 11) is 0. The first kappa shape index (κ1) is 12.2. The molecule has 1 N–H and O–H groups in total. The molecule has 0 saturated heterocycles. The van der Waals surface area contributed by atoms with Crippen molar-refractivity contribution >= 4 is 32.4 Å². The lowest BCUT2D eigenvalue weighted by molar-refractivity contribution is 1.35. The van der Waals surface area contributed by atoms with Crippen molar-refractivity contribution in [3.05, 3.63) is 53.1 Å². The molecule has 3 aromatic rings. The van der Waals surface area contributed by atoms with Gasteiger partial charge in [0.15, 0.2) is 5.13 Å². The zero-order chi connectivity index (χ0) is 13.4. The quantitative estimate of drug-likeness (QED) is 0.710. The van der Waals surface area contributed by atoms with Gasteiger partial charge in [-0.15, -0.1) is 0 Å². The van der Waals surface area contributed by atoms with Gasteiger partial charge >= 0.3 is 0 Å². The minimum Gasteiger partial charge on any atom is -0.331 e. The molecule has 0 fully saturated rings. The molecule has 1 aromatic heterocycles. The molecule has 19 heavy (non-hydrogen) atoms. The second-order valence-corrected chi connectivity index (χ2v) is 5.96. The van der Waals surface area contributed by atoms with Gasteiger partial charge in [0.05, 0.1) is 10.2 Å². The Labute approximate surface area is 117 Å². The monoisotopic (exact) mass is 268 g/mol.